The van der Waals surface area contributed by atoms with Gasteiger partial charge in [-0.3, -0.25) is 0 Å². The molecule has 0 nitrogen and oxygen atoms in total. The van der Waals surface area contributed by atoms with Crippen molar-refractivity contribution < 1.29 is 0 Å². The zero-order valence-corrected chi connectivity index (χ0v) is 8.28. The molecule has 0 saturated heterocycles. The van der Waals surface area contributed by atoms with Gasteiger partial charge in [-0.05, 0) is 18.2 Å². The van der Waals surface area contributed by atoms with Gasteiger partial charge < -0.3 is 0 Å². The van der Waals surface area contributed by atoms with E-state index in [1.165, 1.54) is 0 Å². The van der Waals surface area contributed by atoms with Crippen molar-refractivity contribution in [3.8, 4) is 0 Å². The van der Waals surface area contributed by atoms with Crippen molar-refractivity contribution in [3.63, 3.8) is 0 Å². The lowest BCUT2D eigenvalue weighted by molar-refractivity contribution is 1.22. The molecule has 0 aliphatic heterocycles. The van der Waals surface area contributed by atoms with Crippen molar-refractivity contribution in [2.24, 2.45) is 0 Å². The molecular formula is C9H18S. The molecule has 0 aromatic carbocycles. The molecule has 0 radical (unpaired) electrons. The SMILES string of the molecule is C/C=C(S)\C=C/CC.CC. The highest BCUT2D eigenvalue weighted by atomic mass is 32.1. The Morgan fingerprint density at radius 3 is 2.20 bits per heavy atom. The molecule has 0 amide bonds. The van der Waals surface area contributed by atoms with E-state index in [1.807, 2.05) is 32.9 Å². The first kappa shape index (κ1) is 12.5. The van der Waals surface area contributed by atoms with Gasteiger partial charge in [0, 0.05) is 0 Å². The molecule has 0 fully saturated rings. The third-order valence-corrected chi connectivity index (χ3v) is 1.23. The molecule has 0 unspecified atom stereocenters. The minimum atomic E-state index is 1.03. The molecule has 0 spiro atoms. The maximum absolute atomic E-state index is 4.14. The maximum atomic E-state index is 4.14. The number of rotatable bonds is 2. The van der Waals surface area contributed by atoms with Gasteiger partial charge in [0.05, 0.1) is 0 Å². The van der Waals surface area contributed by atoms with Crippen molar-refractivity contribution in [2.45, 2.75) is 34.1 Å². The second-order valence-corrected chi connectivity index (χ2v) is 2.04. The Hall–Kier alpha value is -0.170. The van der Waals surface area contributed by atoms with Crippen LogP contribution >= 0.6 is 12.6 Å². The summed E-state index contributed by atoms with van der Waals surface area (Å²) in [5, 5.41) is 0. The highest BCUT2D eigenvalue weighted by Crippen LogP contribution is 2.00. The number of allylic oxidation sites excluding steroid dienone is 3. The number of hydrogen-bond donors (Lipinski definition) is 1. The molecule has 1 heteroatoms. The summed E-state index contributed by atoms with van der Waals surface area (Å²) in [6.45, 7) is 8.08. The average molecular weight is 158 g/mol. The fraction of sp³-hybridized carbons (Fsp3) is 0.556. The van der Waals surface area contributed by atoms with E-state index >= 15 is 0 Å². The predicted molar refractivity (Wildman–Crippen MR) is 53.5 cm³/mol. The fourth-order valence-corrected chi connectivity index (χ4v) is 0.440. The largest absolute Gasteiger partial charge is 0.144 e. The fourth-order valence-electron chi connectivity index (χ4n) is 0.335. The van der Waals surface area contributed by atoms with Gasteiger partial charge in [-0.15, -0.1) is 12.6 Å². The number of thiol groups is 1. The van der Waals surface area contributed by atoms with Crippen molar-refractivity contribution >= 4 is 12.6 Å². The molecule has 0 aliphatic carbocycles. The van der Waals surface area contributed by atoms with Gasteiger partial charge in [0.25, 0.3) is 0 Å². The van der Waals surface area contributed by atoms with Gasteiger partial charge in [0.1, 0.15) is 0 Å². The lowest BCUT2D eigenvalue weighted by Crippen LogP contribution is -1.58. The van der Waals surface area contributed by atoms with Crippen LogP contribution in [-0.4, -0.2) is 0 Å². The van der Waals surface area contributed by atoms with Crippen molar-refractivity contribution in [1.82, 2.24) is 0 Å². The van der Waals surface area contributed by atoms with Crippen LogP contribution in [0.25, 0.3) is 0 Å². The molecular weight excluding hydrogens is 140 g/mol. The van der Waals surface area contributed by atoms with Gasteiger partial charge >= 0.3 is 0 Å². The van der Waals surface area contributed by atoms with Gasteiger partial charge in [-0.2, -0.15) is 0 Å². The normalized spacial score (nSPS) is 11.1. The summed E-state index contributed by atoms with van der Waals surface area (Å²) in [6.07, 6.45) is 7.14. The van der Waals surface area contributed by atoms with Crippen LogP contribution in [0.3, 0.4) is 0 Å². The zero-order valence-electron chi connectivity index (χ0n) is 7.39. The van der Waals surface area contributed by atoms with E-state index < -0.39 is 0 Å². The van der Waals surface area contributed by atoms with E-state index in [2.05, 4.69) is 25.6 Å². The van der Waals surface area contributed by atoms with E-state index in [-0.39, 0.29) is 0 Å². The summed E-state index contributed by atoms with van der Waals surface area (Å²) in [5.74, 6) is 0. The lowest BCUT2D eigenvalue weighted by atomic mass is 10.4. The topological polar surface area (TPSA) is 0 Å². The summed E-state index contributed by atoms with van der Waals surface area (Å²) >= 11 is 4.14. The van der Waals surface area contributed by atoms with E-state index in [0.717, 1.165) is 11.3 Å². The molecule has 60 valence electrons. The Balaban J connectivity index is 0. The highest BCUT2D eigenvalue weighted by Gasteiger charge is 1.73. The Labute approximate surface area is 70.4 Å². The summed E-state index contributed by atoms with van der Waals surface area (Å²) in [6, 6.07) is 0. The van der Waals surface area contributed by atoms with Crippen LogP contribution < -0.4 is 0 Å². The minimum absolute atomic E-state index is 1.03. The molecule has 0 aromatic rings. The average Bonchev–Trinajstić information content (AvgIpc) is 2.04. The Kier molecular flexibility index (Phi) is 14.5. The molecule has 0 N–H and O–H groups in total. The Bertz CT molecular complexity index is 101. The van der Waals surface area contributed by atoms with E-state index in [1.54, 1.807) is 0 Å². The van der Waals surface area contributed by atoms with Crippen molar-refractivity contribution in [1.29, 1.82) is 0 Å². The standard InChI is InChI=1S/C7H12S.C2H6/c1-3-5-6-7(8)4-2;1-2/h4-6,8H,3H2,1-2H3;1-2H3/b6-5-,7-4+;. The first-order valence-corrected chi connectivity index (χ1v) is 4.27. The van der Waals surface area contributed by atoms with Gasteiger partial charge in [0.2, 0.25) is 0 Å². The van der Waals surface area contributed by atoms with Gasteiger partial charge in [-0.25, -0.2) is 0 Å². The molecule has 0 bridgehead atoms. The first-order valence-electron chi connectivity index (χ1n) is 3.83. The van der Waals surface area contributed by atoms with Crippen LogP contribution in [0.2, 0.25) is 0 Å². The van der Waals surface area contributed by atoms with Crippen LogP contribution in [0.5, 0.6) is 0 Å². The lowest BCUT2D eigenvalue weighted by Gasteiger charge is -1.83. The highest BCUT2D eigenvalue weighted by molar-refractivity contribution is 7.84. The summed E-state index contributed by atoms with van der Waals surface area (Å²) in [7, 11) is 0. The molecule has 0 rings (SSSR count). The van der Waals surface area contributed by atoms with Crippen LogP contribution in [-0.2, 0) is 0 Å². The zero-order chi connectivity index (χ0) is 8.41. The van der Waals surface area contributed by atoms with Gasteiger partial charge in [-0.1, -0.05) is 39.0 Å². The second kappa shape index (κ2) is 11.6. The van der Waals surface area contributed by atoms with Crippen LogP contribution in [0.1, 0.15) is 34.1 Å². The van der Waals surface area contributed by atoms with Crippen molar-refractivity contribution in [2.75, 3.05) is 0 Å². The number of hydrogen-bond acceptors (Lipinski definition) is 1. The van der Waals surface area contributed by atoms with E-state index in [0.29, 0.717) is 0 Å². The third kappa shape index (κ3) is 10.7. The molecule has 0 atom stereocenters. The Morgan fingerprint density at radius 1 is 1.40 bits per heavy atom. The predicted octanol–water partition coefficient (Wildman–Crippen LogP) is 3.81. The van der Waals surface area contributed by atoms with Crippen LogP contribution in [0, 0.1) is 0 Å². The second-order valence-electron chi connectivity index (χ2n) is 1.52. The summed E-state index contributed by atoms with van der Waals surface area (Å²) < 4.78 is 0. The maximum Gasteiger partial charge on any atom is -0.000596 e. The molecule has 0 heterocycles. The summed E-state index contributed by atoms with van der Waals surface area (Å²) in [5.41, 5.74) is 0. The molecule has 0 saturated carbocycles. The van der Waals surface area contributed by atoms with Gasteiger partial charge in [0.15, 0.2) is 0 Å². The van der Waals surface area contributed by atoms with Crippen molar-refractivity contribution in [3.05, 3.63) is 23.1 Å². The Morgan fingerprint density at radius 2 is 1.90 bits per heavy atom. The van der Waals surface area contributed by atoms with Crippen LogP contribution in [0.15, 0.2) is 23.1 Å². The van der Waals surface area contributed by atoms with E-state index in [9.17, 15) is 0 Å². The third-order valence-electron chi connectivity index (χ3n) is 0.820. The van der Waals surface area contributed by atoms with Crippen LogP contribution in [0.4, 0.5) is 0 Å². The monoisotopic (exact) mass is 158 g/mol. The first-order chi connectivity index (χ1) is 4.81. The minimum Gasteiger partial charge on any atom is -0.144 e. The molecule has 10 heavy (non-hydrogen) atoms. The smallest absolute Gasteiger partial charge is 0.000596 e. The van der Waals surface area contributed by atoms with E-state index in [4.69, 9.17) is 0 Å². The quantitative estimate of drug-likeness (QED) is 0.458. The summed E-state index contributed by atoms with van der Waals surface area (Å²) in [4.78, 5) is 1.03. The molecule has 0 aromatic heterocycles. The molecule has 0 aliphatic rings.